The van der Waals surface area contributed by atoms with E-state index in [9.17, 15) is 5.11 Å². The van der Waals surface area contributed by atoms with Crippen LogP contribution in [0.5, 0.6) is 0 Å². The molecule has 0 fully saturated rings. The summed E-state index contributed by atoms with van der Waals surface area (Å²) in [6.07, 6.45) is 5.29. The minimum atomic E-state index is -0.464. The molecule has 0 rings (SSSR count). The molecule has 0 saturated carbocycles. The summed E-state index contributed by atoms with van der Waals surface area (Å²) in [4.78, 5) is 0. The third-order valence-corrected chi connectivity index (χ3v) is 2.34. The molecule has 0 aliphatic carbocycles. The van der Waals surface area contributed by atoms with E-state index in [4.69, 9.17) is 0 Å². The Morgan fingerprint density at radius 1 is 1.08 bits per heavy atom. The van der Waals surface area contributed by atoms with Gasteiger partial charge in [0.05, 0.1) is 5.60 Å². The summed E-state index contributed by atoms with van der Waals surface area (Å²) in [7, 11) is 0. The van der Waals surface area contributed by atoms with Crippen molar-refractivity contribution >= 4 is 0 Å². The average molecular weight is 187 g/mol. The lowest BCUT2D eigenvalue weighted by atomic mass is 9.97. The van der Waals surface area contributed by atoms with Gasteiger partial charge in [0, 0.05) is 0 Å². The highest BCUT2D eigenvalue weighted by atomic mass is 16.3. The number of nitrogens with one attached hydrogen (secondary N) is 1. The molecule has 2 N–H and O–H groups in total. The van der Waals surface area contributed by atoms with Gasteiger partial charge in [-0.3, -0.25) is 0 Å². The van der Waals surface area contributed by atoms with Crippen LogP contribution in [0, 0.1) is 0 Å². The summed E-state index contributed by atoms with van der Waals surface area (Å²) >= 11 is 0. The molecule has 0 aromatic carbocycles. The van der Waals surface area contributed by atoms with E-state index in [-0.39, 0.29) is 0 Å². The topological polar surface area (TPSA) is 32.3 Å². The summed E-state index contributed by atoms with van der Waals surface area (Å²) in [5.41, 5.74) is -0.464. The highest BCUT2D eigenvalue weighted by molar-refractivity contribution is 4.72. The van der Waals surface area contributed by atoms with Crippen molar-refractivity contribution in [3.63, 3.8) is 0 Å². The van der Waals surface area contributed by atoms with Gasteiger partial charge in [-0.1, -0.05) is 26.7 Å². The summed E-state index contributed by atoms with van der Waals surface area (Å²) in [6.45, 7) is 8.25. The van der Waals surface area contributed by atoms with Gasteiger partial charge in [-0.15, -0.1) is 0 Å². The smallest absolute Gasteiger partial charge is 0.0631 e. The fourth-order valence-corrected chi connectivity index (χ4v) is 1.45. The molecule has 1 atom stereocenters. The van der Waals surface area contributed by atoms with Crippen molar-refractivity contribution in [2.45, 2.75) is 58.5 Å². The molecular formula is C11H25NO. The number of unbranched alkanes of at least 4 members (excludes halogenated alkanes) is 1. The molecule has 0 amide bonds. The molecule has 2 heteroatoms. The van der Waals surface area contributed by atoms with Crippen LogP contribution >= 0.6 is 0 Å². The van der Waals surface area contributed by atoms with Gasteiger partial charge < -0.3 is 10.4 Å². The number of hydrogen-bond acceptors (Lipinski definition) is 2. The number of rotatable bonds is 8. The Hall–Kier alpha value is -0.0800. The maximum Gasteiger partial charge on any atom is 0.0631 e. The third kappa shape index (κ3) is 8.26. The Labute approximate surface area is 82.7 Å². The zero-order chi connectivity index (χ0) is 10.2. The van der Waals surface area contributed by atoms with Crippen molar-refractivity contribution < 1.29 is 5.11 Å². The molecule has 2 nitrogen and oxygen atoms in total. The molecule has 0 spiro atoms. The van der Waals surface area contributed by atoms with E-state index >= 15 is 0 Å². The average Bonchev–Trinajstić information content (AvgIpc) is 2.04. The zero-order valence-corrected chi connectivity index (χ0v) is 9.40. The molecule has 0 aromatic rings. The maximum absolute atomic E-state index is 9.83. The van der Waals surface area contributed by atoms with E-state index in [0.717, 1.165) is 32.4 Å². The second kappa shape index (κ2) is 7.34. The van der Waals surface area contributed by atoms with Gasteiger partial charge in [0.15, 0.2) is 0 Å². The number of aliphatic hydroxyl groups is 1. The molecule has 0 aromatic heterocycles. The van der Waals surface area contributed by atoms with Crippen LogP contribution in [0.15, 0.2) is 0 Å². The Morgan fingerprint density at radius 2 is 1.77 bits per heavy atom. The molecular weight excluding hydrogens is 162 g/mol. The van der Waals surface area contributed by atoms with E-state index in [2.05, 4.69) is 19.2 Å². The molecule has 0 aliphatic heterocycles. The minimum absolute atomic E-state index is 0.464. The summed E-state index contributed by atoms with van der Waals surface area (Å²) in [5.74, 6) is 0. The monoisotopic (exact) mass is 187 g/mol. The largest absolute Gasteiger partial charge is 0.390 e. The predicted molar refractivity (Wildman–Crippen MR) is 57.9 cm³/mol. The highest BCUT2D eigenvalue weighted by Gasteiger charge is 2.17. The quantitative estimate of drug-likeness (QED) is 0.572. The van der Waals surface area contributed by atoms with Crippen LogP contribution in [0.1, 0.15) is 52.9 Å². The first-order chi connectivity index (χ1) is 6.12. The zero-order valence-electron chi connectivity index (χ0n) is 9.40. The Balaban J connectivity index is 3.29. The van der Waals surface area contributed by atoms with Gasteiger partial charge in [-0.2, -0.15) is 0 Å². The van der Waals surface area contributed by atoms with Gasteiger partial charge in [-0.25, -0.2) is 0 Å². The van der Waals surface area contributed by atoms with E-state index < -0.39 is 5.60 Å². The molecule has 1 unspecified atom stereocenters. The van der Waals surface area contributed by atoms with E-state index in [1.807, 2.05) is 6.92 Å². The molecule has 0 radical (unpaired) electrons. The van der Waals surface area contributed by atoms with E-state index in [0.29, 0.717) is 0 Å². The first-order valence-corrected chi connectivity index (χ1v) is 5.55. The van der Waals surface area contributed by atoms with Crippen molar-refractivity contribution in [2.24, 2.45) is 0 Å². The normalized spacial score (nSPS) is 15.7. The van der Waals surface area contributed by atoms with Gasteiger partial charge in [-0.05, 0) is 39.3 Å². The van der Waals surface area contributed by atoms with E-state index in [1.165, 1.54) is 12.8 Å². The van der Waals surface area contributed by atoms with Gasteiger partial charge in [0.1, 0.15) is 0 Å². The fourth-order valence-electron chi connectivity index (χ4n) is 1.45. The van der Waals surface area contributed by atoms with Gasteiger partial charge in [0.2, 0.25) is 0 Å². The lowest BCUT2D eigenvalue weighted by Crippen LogP contribution is -2.30. The van der Waals surface area contributed by atoms with Crippen LogP contribution in [-0.2, 0) is 0 Å². The molecule has 0 saturated heterocycles. The number of hydrogen-bond donors (Lipinski definition) is 2. The standard InChI is InChI=1S/C11H25NO/c1-4-6-9-12-10-8-11(3,13)7-5-2/h12-13H,4-10H2,1-3H3. The lowest BCUT2D eigenvalue weighted by molar-refractivity contribution is 0.0416. The van der Waals surface area contributed by atoms with Crippen molar-refractivity contribution in [3.05, 3.63) is 0 Å². The lowest BCUT2D eigenvalue weighted by Gasteiger charge is -2.22. The summed E-state index contributed by atoms with van der Waals surface area (Å²) in [5, 5.41) is 13.2. The Morgan fingerprint density at radius 3 is 2.31 bits per heavy atom. The van der Waals surface area contributed by atoms with Crippen molar-refractivity contribution in [2.75, 3.05) is 13.1 Å². The van der Waals surface area contributed by atoms with Crippen LogP contribution in [-0.4, -0.2) is 23.8 Å². The molecule has 13 heavy (non-hydrogen) atoms. The minimum Gasteiger partial charge on any atom is -0.390 e. The van der Waals surface area contributed by atoms with Crippen LogP contribution in [0.3, 0.4) is 0 Å². The van der Waals surface area contributed by atoms with E-state index in [1.54, 1.807) is 0 Å². The third-order valence-electron chi connectivity index (χ3n) is 2.34. The van der Waals surface area contributed by atoms with Crippen LogP contribution < -0.4 is 5.32 Å². The van der Waals surface area contributed by atoms with Crippen molar-refractivity contribution in [3.8, 4) is 0 Å². The van der Waals surface area contributed by atoms with Gasteiger partial charge in [0.25, 0.3) is 0 Å². The molecule has 0 aliphatic rings. The van der Waals surface area contributed by atoms with Crippen LogP contribution in [0.4, 0.5) is 0 Å². The Bertz CT molecular complexity index is 113. The summed E-state index contributed by atoms with van der Waals surface area (Å²) < 4.78 is 0. The first-order valence-electron chi connectivity index (χ1n) is 5.55. The van der Waals surface area contributed by atoms with Crippen LogP contribution in [0.25, 0.3) is 0 Å². The van der Waals surface area contributed by atoms with Crippen LogP contribution in [0.2, 0.25) is 0 Å². The first kappa shape index (κ1) is 12.9. The predicted octanol–water partition coefficient (Wildman–Crippen LogP) is 2.32. The second-order valence-corrected chi connectivity index (χ2v) is 4.10. The maximum atomic E-state index is 9.83. The Kier molecular flexibility index (Phi) is 7.29. The second-order valence-electron chi connectivity index (χ2n) is 4.10. The van der Waals surface area contributed by atoms with Crippen molar-refractivity contribution in [1.82, 2.24) is 5.32 Å². The SMILES string of the molecule is CCCCNCCC(C)(O)CCC. The molecule has 0 heterocycles. The fraction of sp³-hybridized carbons (Fsp3) is 1.00. The molecule has 80 valence electrons. The molecule has 0 bridgehead atoms. The van der Waals surface area contributed by atoms with Gasteiger partial charge >= 0.3 is 0 Å². The van der Waals surface area contributed by atoms with Crippen molar-refractivity contribution in [1.29, 1.82) is 0 Å². The summed E-state index contributed by atoms with van der Waals surface area (Å²) in [6, 6.07) is 0. The highest BCUT2D eigenvalue weighted by Crippen LogP contribution is 2.15.